The fourth-order valence-corrected chi connectivity index (χ4v) is 1.53. The van der Waals surface area contributed by atoms with Crippen LogP contribution < -0.4 is 5.73 Å². The van der Waals surface area contributed by atoms with Gasteiger partial charge in [-0.15, -0.1) is 0 Å². The molecular weight excluding hydrogens is 168 g/mol. The average molecular weight is 186 g/mol. The van der Waals surface area contributed by atoms with E-state index in [0.29, 0.717) is 6.54 Å². The Morgan fingerprint density at radius 1 is 1.77 bits per heavy atom. The first-order valence-corrected chi connectivity index (χ1v) is 4.73. The Morgan fingerprint density at radius 2 is 2.46 bits per heavy atom. The van der Waals surface area contributed by atoms with E-state index < -0.39 is 6.04 Å². The molecule has 0 bridgehead atoms. The van der Waals surface area contributed by atoms with E-state index in [2.05, 4.69) is 0 Å². The summed E-state index contributed by atoms with van der Waals surface area (Å²) in [5, 5.41) is 0. The lowest BCUT2D eigenvalue weighted by Crippen LogP contribution is -2.42. The predicted octanol–water partition coefficient (Wildman–Crippen LogP) is -0.0290. The summed E-state index contributed by atoms with van der Waals surface area (Å²) >= 11 is 0. The third-order valence-corrected chi connectivity index (χ3v) is 2.27. The molecule has 2 atom stereocenters. The second kappa shape index (κ2) is 4.58. The highest BCUT2D eigenvalue weighted by atomic mass is 16.5. The molecule has 0 aliphatic carbocycles. The van der Waals surface area contributed by atoms with E-state index in [0.717, 1.165) is 19.4 Å². The van der Waals surface area contributed by atoms with E-state index in [1.165, 1.54) is 0 Å². The van der Waals surface area contributed by atoms with Gasteiger partial charge in [0, 0.05) is 20.2 Å². The van der Waals surface area contributed by atoms with E-state index in [-0.39, 0.29) is 12.0 Å². The molecule has 4 heteroatoms. The van der Waals surface area contributed by atoms with Crippen LogP contribution in [0, 0.1) is 0 Å². The van der Waals surface area contributed by atoms with Gasteiger partial charge in [-0.05, 0) is 19.8 Å². The van der Waals surface area contributed by atoms with E-state index >= 15 is 0 Å². The quantitative estimate of drug-likeness (QED) is 0.673. The molecule has 1 aliphatic heterocycles. The summed E-state index contributed by atoms with van der Waals surface area (Å²) in [5.74, 6) is -0.0181. The van der Waals surface area contributed by atoms with Crippen molar-refractivity contribution >= 4 is 5.91 Å². The molecule has 1 amide bonds. The number of nitrogens with two attached hydrogens (primary N) is 1. The van der Waals surface area contributed by atoms with Crippen LogP contribution in [-0.2, 0) is 9.53 Å². The van der Waals surface area contributed by atoms with Gasteiger partial charge >= 0.3 is 0 Å². The molecule has 0 aromatic heterocycles. The molecule has 0 radical (unpaired) electrons. The monoisotopic (exact) mass is 186 g/mol. The van der Waals surface area contributed by atoms with Crippen molar-refractivity contribution in [3.63, 3.8) is 0 Å². The lowest BCUT2D eigenvalue weighted by molar-refractivity contribution is -0.132. The number of hydrogen-bond donors (Lipinski definition) is 1. The van der Waals surface area contributed by atoms with E-state index in [4.69, 9.17) is 10.5 Å². The van der Waals surface area contributed by atoms with Crippen molar-refractivity contribution in [2.75, 3.05) is 20.2 Å². The molecule has 0 saturated carbocycles. The molecule has 1 saturated heterocycles. The Labute approximate surface area is 79.0 Å². The summed E-state index contributed by atoms with van der Waals surface area (Å²) in [7, 11) is 1.77. The number of nitrogens with zero attached hydrogens (tertiary/aromatic N) is 1. The van der Waals surface area contributed by atoms with Crippen molar-refractivity contribution < 1.29 is 9.53 Å². The maximum absolute atomic E-state index is 11.4. The van der Waals surface area contributed by atoms with Gasteiger partial charge in [-0.25, -0.2) is 0 Å². The van der Waals surface area contributed by atoms with Crippen LogP contribution in [0.25, 0.3) is 0 Å². The number of ether oxygens (including phenoxy) is 1. The molecule has 2 N–H and O–H groups in total. The third kappa shape index (κ3) is 2.97. The molecule has 0 aromatic rings. The zero-order chi connectivity index (χ0) is 9.84. The van der Waals surface area contributed by atoms with Gasteiger partial charge in [0.1, 0.15) is 0 Å². The number of hydrogen-bond acceptors (Lipinski definition) is 3. The summed E-state index contributed by atoms with van der Waals surface area (Å²) in [6.45, 7) is 3.19. The molecule has 1 fully saturated rings. The highest BCUT2D eigenvalue weighted by Gasteiger charge is 2.21. The molecule has 4 nitrogen and oxygen atoms in total. The minimum atomic E-state index is -0.411. The second-order valence-corrected chi connectivity index (χ2v) is 3.64. The van der Waals surface area contributed by atoms with Gasteiger partial charge in [-0.2, -0.15) is 0 Å². The van der Waals surface area contributed by atoms with Crippen LogP contribution in [0.15, 0.2) is 0 Å². The van der Waals surface area contributed by atoms with Crippen LogP contribution in [0.2, 0.25) is 0 Å². The SMILES string of the molecule is C[C@H](N)C(=O)N(C)CC1CCCO1. The normalized spacial score (nSPS) is 24.4. The summed E-state index contributed by atoms with van der Waals surface area (Å²) in [6.07, 6.45) is 2.37. The summed E-state index contributed by atoms with van der Waals surface area (Å²) in [6, 6.07) is -0.411. The molecule has 1 unspecified atom stereocenters. The van der Waals surface area contributed by atoms with Gasteiger partial charge in [0.2, 0.25) is 5.91 Å². The van der Waals surface area contributed by atoms with Gasteiger partial charge < -0.3 is 15.4 Å². The molecule has 1 rings (SSSR count). The Kier molecular flexibility index (Phi) is 3.69. The largest absolute Gasteiger partial charge is 0.376 e. The first kappa shape index (κ1) is 10.5. The van der Waals surface area contributed by atoms with Crippen LogP contribution in [0.3, 0.4) is 0 Å². The number of carbonyl (C=O) groups is 1. The van der Waals surface area contributed by atoms with Crippen molar-refractivity contribution in [3.8, 4) is 0 Å². The van der Waals surface area contributed by atoms with Crippen LogP contribution in [-0.4, -0.2) is 43.2 Å². The highest BCUT2D eigenvalue weighted by molar-refractivity contribution is 5.80. The smallest absolute Gasteiger partial charge is 0.239 e. The number of carbonyl (C=O) groups excluding carboxylic acids is 1. The van der Waals surface area contributed by atoms with Gasteiger partial charge in [0.05, 0.1) is 12.1 Å². The van der Waals surface area contributed by atoms with Crippen molar-refractivity contribution in [1.82, 2.24) is 4.90 Å². The Balaban J connectivity index is 2.31. The number of rotatable bonds is 3. The standard InChI is InChI=1S/C9H18N2O2/c1-7(10)9(12)11(2)6-8-4-3-5-13-8/h7-8H,3-6,10H2,1-2H3/t7-,8?/m0/s1. The zero-order valence-corrected chi connectivity index (χ0v) is 8.32. The van der Waals surface area contributed by atoms with Gasteiger partial charge in [0.25, 0.3) is 0 Å². The number of amides is 1. The highest BCUT2D eigenvalue weighted by Crippen LogP contribution is 2.12. The lowest BCUT2D eigenvalue weighted by Gasteiger charge is -2.22. The first-order valence-electron chi connectivity index (χ1n) is 4.73. The molecule has 0 aromatic carbocycles. The van der Waals surface area contributed by atoms with Crippen LogP contribution in [0.5, 0.6) is 0 Å². The molecule has 1 aliphatic rings. The Bertz CT molecular complexity index is 176. The predicted molar refractivity (Wildman–Crippen MR) is 50.3 cm³/mol. The molecule has 13 heavy (non-hydrogen) atoms. The Morgan fingerprint density at radius 3 is 2.92 bits per heavy atom. The summed E-state index contributed by atoms with van der Waals surface area (Å²) in [5.41, 5.74) is 5.48. The lowest BCUT2D eigenvalue weighted by atomic mass is 10.2. The van der Waals surface area contributed by atoms with Gasteiger partial charge in [-0.1, -0.05) is 0 Å². The number of likely N-dealkylation sites (N-methyl/N-ethyl adjacent to an activating group) is 1. The fourth-order valence-electron chi connectivity index (χ4n) is 1.53. The van der Waals surface area contributed by atoms with Crippen LogP contribution in [0.1, 0.15) is 19.8 Å². The minimum Gasteiger partial charge on any atom is -0.376 e. The topological polar surface area (TPSA) is 55.6 Å². The van der Waals surface area contributed by atoms with Crippen molar-refractivity contribution in [2.24, 2.45) is 5.73 Å². The third-order valence-electron chi connectivity index (χ3n) is 2.27. The van der Waals surface area contributed by atoms with E-state index in [1.54, 1.807) is 18.9 Å². The average Bonchev–Trinajstić information content (AvgIpc) is 2.55. The maximum Gasteiger partial charge on any atom is 0.239 e. The molecular formula is C9H18N2O2. The maximum atomic E-state index is 11.4. The zero-order valence-electron chi connectivity index (χ0n) is 8.32. The Hall–Kier alpha value is -0.610. The van der Waals surface area contributed by atoms with E-state index in [1.807, 2.05) is 0 Å². The molecule has 1 heterocycles. The van der Waals surface area contributed by atoms with Gasteiger partial charge in [-0.3, -0.25) is 4.79 Å². The first-order chi connectivity index (χ1) is 6.11. The van der Waals surface area contributed by atoms with Crippen molar-refractivity contribution in [3.05, 3.63) is 0 Å². The van der Waals surface area contributed by atoms with Crippen LogP contribution >= 0.6 is 0 Å². The van der Waals surface area contributed by atoms with E-state index in [9.17, 15) is 4.79 Å². The molecule has 76 valence electrons. The second-order valence-electron chi connectivity index (χ2n) is 3.64. The van der Waals surface area contributed by atoms with Crippen LogP contribution in [0.4, 0.5) is 0 Å². The van der Waals surface area contributed by atoms with Crippen molar-refractivity contribution in [1.29, 1.82) is 0 Å². The van der Waals surface area contributed by atoms with Crippen molar-refractivity contribution in [2.45, 2.75) is 31.9 Å². The molecule has 0 spiro atoms. The fraction of sp³-hybridized carbons (Fsp3) is 0.889. The summed E-state index contributed by atoms with van der Waals surface area (Å²) < 4.78 is 5.42. The van der Waals surface area contributed by atoms with Gasteiger partial charge in [0.15, 0.2) is 0 Å². The minimum absolute atomic E-state index is 0.0181. The summed E-state index contributed by atoms with van der Waals surface area (Å²) in [4.78, 5) is 13.0.